The highest BCUT2D eigenvalue weighted by Crippen LogP contribution is 2.53. The molecule has 0 spiro atoms. The maximum atomic E-state index is 12.9. The van der Waals surface area contributed by atoms with Crippen LogP contribution in [-0.2, 0) is 10.0 Å². The van der Waals surface area contributed by atoms with Crippen molar-refractivity contribution >= 4 is 15.6 Å². The molecule has 0 heterocycles. The predicted molar refractivity (Wildman–Crippen MR) is 125 cm³/mol. The smallest absolute Gasteiger partial charge is 0.406 e. The van der Waals surface area contributed by atoms with Crippen LogP contribution in [-0.4, -0.2) is 32.0 Å². The molecule has 3 aliphatic carbocycles. The number of rotatable bonds is 5. The largest absolute Gasteiger partial charge is 0.573 e. The quantitative estimate of drug-likeness (QED) is 0.590. The van der Waals surface area contributed by atoms with E-state index < -0.39 is 34.3 Å². The minimum absolute atomic E-state index is 0.0249. The molecule has 3 unspecified atom stereocenters. The number of fused-ring (bicyclic) bond motifs is 2. The molecule has 2 N–H and O–H groups in total. The average Bonchev–Trinajstić information content (AvgIpc) is 3.29. The number of hydrogen-bond acceptors (Lipinski definition) is 4. The Hall–Kier alpha value is -2.62. The first-order chi connectivity index (χ1) is 16.5. The molecule has 9 heteroatoms. The highest BCUT2D eigenvalue weighted by Gasteiger charge is 2.46. The van der Waals surface area contributed by atoms with Crippen molar-refractivity contribution in [2.45, 2.75) is 55.5 Å². The van der Waals surface area contributed by atoms with Crippen molar-refractivity contribution in [2.24, 2.45) is 11.8 Å². The molecule has 0 aromatic heterocycles. The molecule has 35 heavy (non-hydrogen) atoms. The molecular weight excluding hydrogens is 479 g/mol. The zero-order valence-electron chi connectivity index (χ0n) is 19.0. The van der Waals surface area contributed by atoms with Crippen LogP contribution in [0.15, 0.2) is 71.2 Å². The molecule has 5 rings (SSSR count). The van der Waals surface area contributed by atoms with Crippen molar-refractivity contribution in [1.82, 2.24) is 4.72 Å². The standard InChI is InChI=1S/C26H26F3NO4S/c1-15-6-11-19-18-4-2-3-5-20(18)24(22(19)14-15)21-12-13-23(25(21)31)30-35(32,33)17-9-7-16(8-10-17)34-26(27,28)29/h2-11,15,21,23-25,30-31H,12-14H2,1H3/t15?,21-,23?,24?,25-/m1/s1. The van der Waals surface area contributed by atoms with E-state index in [0.717, 1.165) is 30.7 Å². The number of halogens is 3. The number of ether oxygens (including phenoxy) is 1. The van der Waals surface area contributed by atoms with Gasteiger partial charge in [-0.2, -0.15) is 0 Å². The van der Waals surface area contributed by atoms with Crippen molar-refractivity contribution in [1.29, 1.82) is 0 Å². The van der Waals surface area contributed by atoms with Crippen LogP contribution in [0.3, 0.4) is 0 Å². The summed E-state index contributed by atoms with van der Waals surface area (Å²) in [6.45, 7) is 2.16. The third-order valence-electron chi connectivity index (χ3n) is 7.20. The minimum Gasteiger partial charge on any atom is -0.406 e. The number of benzene rings is 2. The lowest BCUT2D eigenvalue weighted by atomic mass is 9.77. The van der Waals surface area contributed by atoms with Gasteiger partial charge in [-0.3, -0.25) is 0 Å². The first-order valence-corrected chi connectivity index (χ1v) is 13.1. The fraction of sp³-hybridized carbons (Fsp3) is 0.385. The summed E-state index contributed by atoms with van der Waals surface area (Å²) >= 11 is 0. The number of allylic oxidation sites excluding steroid dienone is 4. The predicted octanol–water partition coefficient (Wildman–Crippen LogP) is 5.15. The zero-order chi connectivity index (χ0) is 25.0. The van der Waals surface area contributed by atoms with Gasteiger partial charge in [0.2, 0.25) is 10.0 Å². The average molecular weight is 506 g/mol. The lowest BCUT2D eigenvalue weighted by Crippen LogP contribution is -2.42. The van der Waals surface area contributed by atoms with E-state index in [-0.39, 0.29) is 16.7 Å². The van der Waals surface area contributed by atoms with Gasteiger partial charge in [0.1, 0.15) is 5.75 Å². The molecule has 186 valence electrons. The van der Waals surface area contributed by atoms with Gasteiger partial charge in [0.15, 0.2) is 0 Å². The van der Waals surface area contributed by atoms with Gasteiger partial charge < -0.3 is 9.84 Å². The summed E-state index contributed by atoms with van der Waals surface area (Å²) < 4.78 is 69.4. The Kier molecular flexibility index (Phi) is 6.05. The van der Waals surface area contributed by atoms with Crippen molar-refractivity contribution in [3.8, 4) is 5.75 Å². The van der Waals surface area contributed by atoms with E-state index in [0.29, 0.717) is 18.8 Å². The first-order valence-electron chi connectivity index (χ1n) is 11.6. The second-order valence-corrected chi connectivity index (χ2v) is 11.2. The summed E-state index contributed by atoms with van der Waals surface area (Å²) in [5.41, 5.74) is 4.85. The van der Waals surface area contributed by atoms with E-state index in [2.05, 4.69) is 40.7 Å². The van der Waals surface area contributed by atoms with Gasteiger partial charge in [-0.25, -0.2) is 13.1 Å². The molecule has 0 aliphatic heterocycles. The first kappa shape index (κ1) is 24.1. The van der Waals surface area contributed by atoms with Crippen LogP contribution in [0.2, 0.25) is 0 Å². The van der Waals surface area contributed by atoms with Crippen LogP contribution >= 0.6 is 0 Å². The van der Waals surface area contributed by atoms with E-state index in [4.69, 9.17) is 0 Å². The molecule has 0 radical (unpaired) electrons. The summed E-state index contributed by atoms with van der Waals surface area (Å²) in [5.74, 6) is -0.227. The SMILES string of the molecule is CC1C=CC2=C(C1)C([C@H]1CCC(NS(=O)(=O)c3ccc(OC(F)(F)F)cc3)[C@@H]1O)c1ccccc12. The van der Waals surface area contributed by atoms with E-state index in [1.165, 1.54) is 22.3 Å². The van der Waals surface area contributed by atoms with E-state index in [9.17, 15) is 26.7 Å². The third-order valence-corrected chi connectivity index (χ3v) is 8.71. The van der Waals surface area contributed by atoms with Crippen LogP contribution in [0.5, 0.6) is 5.75 Å². The highest BCUT2D eigenvalue weighted by atomic mass is 32.2. The van der Waals surface area contributed by atoms with E-state index in [1.54, 1.807) is 0 Å². The summed E-state index contributed by atoms with van der Waals surface area (Å²) in [7, 11) is -4.05. The molecule has 5 atom stereocenters. The van der Waals surface area contributed by atoms with Gasteiger partial charge in [0.05, 0.1) is 11.0 Å². The Bertz CT molecular complexity index is 1280. The van der Waals surface area contributed by atoms with Crippen LogP contribution in [0.1, 0.15) is 43.2 Å². The third kappa shape index (κ3) is 4.64. The Morgan fingerprint density at radius 3 is 2.49 bits per heavy atom. The Balaban J connectivity index is 1.35. The Morgan fingerprint density at radius 2 is 1.77 bits per heavy atom. The highest BCUT2D eigenvalue weighted by molar-refractivity contribution is 7.89. The molecular formula is C26H26F3NO4S. The van der Waals surface area contributed by atoms with Crippen LogP contribution in [0.25, 0.3) is 5.57 Å². The molecule has 1 fully saturated rings. The van der Waals surface area contributed by atoms with Crippen LogP contribution in [0, 0.1) is 11.8 Å². The van der Waals surface area contributed by atoms with Crippen LogP contribution < -0.4 is 9.46 Å². The van der Waals surface area contributed by atoms with Gasteiger partial charge in [-0.05, 0) is 72.1 Å². The number of aliphatic hydroxyl groups is 1. The Labute approximate surface area is 202 Å². The summed E-state index contributed by atoms with van der Waals surface area (Å²) in [6.07, 6.45) is 0.622. The Morgan fingerprint density at radius 1 is 1.06 bits per heavy atom. The van der Waals surface area contributed by atoms with Gasteiger partial charge in [-0.1, -0.05) is 48.9 Å². The topological polar surface area (TPSA) is 75.6 Å². The molecule has 5 nitrogen and oxygen atoms in total. The normalized spacial score (nSPS) is 28.2. The number of hydrogen-bond donors (Lipinski definition) is 2. The molecule has 0 saturated heterocycles. The summed E-state index contributed by atoms with van der Waals surface area (Å²) in [5, 5.41) is 11.3. The minimum atomic E-state index is -4.86. The van der Waals surface area contributed by atoms with Gasteiger partial charge >= 0.3 is 6.36 Å². The fourth-order valence-corrected chi connectivity index (χ4v) is 7.02. The number of nitrogens with one attached hydrogen (secondary N) is 1. The lowest BCUT2D eigenvalue weighted by Gasteiger charge is -2.30. The molecule has 2 aromatic rings. The lowest BCUT2D eigenvalue weighted by molar-refractivity contribution is -0.274. The van der Waals surface area contributed by atoms with Gasteiger partial charge in [0, 0.05) is 12.0 Å². The van der Waals surface area contributed by atoms with Gasteiger partial charge in [-0.15, -0.1) is 13.2 Å². The maximum Gasteiger partial charge on any atom is 0.573 e. The van der Waals surface area contributed by atoms with Crippen molar-refractivity contribution in [2.75, 3.05) is 0 Å². The second kappa shape index (κ2) is 8.80. The zero-order valence-corrected chi connectivity index (χ0v) is 19.8. The fourth-order valence-electron chi connectivity index (χ4n) is 5.73. The summed E-state index contributed by atoms with van der Waals surface area (Å²) in [4.78, 5) is -0.190. The molecule has 0 bridgehead atoms. The molecule has 3 aliphatic rings. The van der Waals surface area contributed by atoms with Crippen LogP contribution in [0.4, 0.5) is 13.2 Å². The van der Waals surface area contributed by atoms with E-state index in [1.807, 2.05) is 12.1 Å². The number of alkyl halides is 3. The van der Waals surface area contributed by atoms with Gasteiger partial charge in [0.25, 0.3) is 0 Å². The molecule has 0 amide bonds. The number of aliphatic hydroxyl groups excluding tert-OH is 1. The van der Waals surface area contributed by atoms with E-state index >= 15 is 0 Å². The monoisotopic (exact) mass is 505 g/mol. The summed E-state index contributed by atoms with van der Waals surface area (Å²) in [6, 6.07) is 11.5. The number of sulfonamides is 1. The second-order valence-electron chi connectivity index (χ2n) is 9.52. The molecule has 1 saturated carbocycles. The van der Waals surface area contributed by atoms with Crippen molar-refractivity contribution in [3.05, 3.63) is 77.4 Å². The maximum absolute atomic E-state index is 12.9. The van der Waals surface area contributed by atoms with Crippen molar-refractivity contribution in [3.63, 3.8) is 0 Å². The van der Waals surface area contributed by atoms with Crippen molar-refractivity contribution < 1.29 is 31.4 Å². The molecule has 2 aromatic carbocycles.